The smallest absolute Gasteiger partial charge is 0.163 e. The van der Waals surface area contributed by atoms with Crippen molar-refractivity contribution in [1.82, 2.24) is 0 Å². The highest BCUT2D eigenvalue weighted by Crippen LogP contribution is 2.08. The van der Waals surface area contributed by atoms with Crippen LogP contribution in [-0.4, -0.2) is 5.78 Å². The highest BCUT2D eigenvalue weighted by atomic mass is 16.3. The molecule has 1 rings (SSSR count). The van der Waals surface area contributed by atoms with Crippen LogP contribution in [0.2, 0.25) is 0 Å². The molecule has 0 unspecified atom stereocenters. The Kier molecular flexibility index (Phi) is 1.39. The quantitative estimate of drug-likeness (QED) is 0.534. The van der Waals surface area contributed by atoms with Gasteiger partial charge < -0.3 is 4.42 Å². The van der Waals surface area contributed by atoms with Gasteiger partial charge in [-0.3, -0.25) is 4.79 Å². The van der Waals surface area contributed by atoms with Crippen molar-refractivity contribution in [3.8, 4) is 0 Å². The summed E-state index contributed by atoms with van der Waals surface area (Å²) in [6, 6.07) is 1.68. The van der Waals surface area contributed by atoms with Crippen molar-refractivity contribution in [2.75, 3.05) is 0 Å². The van der Waals surface area contributed by atoms with Gasteiger partial charge >= 0.3 is 0 Å². The largest absolute Gasteiger partial charge is 0.469 e. The van der Waals surface area contributed by atoms with Crippen LogP contribution in [-0.2, 0) is 0 Å². The minimum absolute atomic E-state index is 0.0567. The summed E-state index contributed by atoms with van der Waals surface area (Å²) in [5, 5.41) is 0. The summed E-state index contributed by atoms with van der Waals surface area (Å²) < 4.78 is 4.90. The number of rotatable bonds is 1. The molecule has 1 heterocycles. The highest BCUT2D eigenvalue weighted by Gasteiger charge is 2.03. The molecule has 0 N–H and O–H groups in total. The molecule has 48 valence electrons. The molecule has 0 bridgehead atoms. The van der Waals surface area contributed by atoms with E-state index in [1.54, 1.807) is 13.0 Å². The molecule has 0 aromatic carbocycles. The molecule has 0 atom stereocenters. The SMILES string of the molecule is CC(=O)c1ccoc1C. The summed E-state index contributed by atoms with van der Waals surface area (Å²) in [6.45, 7) is 3.30. The topological polar surface area (TPSA) is 30.2 Å². The molecule has 9 heavy (non-hydrogen) atoms. The number of ketones is 1. The van der Waals surface area contributed by atoms with E-state index in [9.17, 15) is 4.79 Å². The predicted molar refractivity (Wildman–Crippen MR) is 33.4 cm³/mol. The average molecular weight is 124 g/mol. The van der Waals surface area contributed by atoms with Crippen LogP contribution in [0, 0.1) is 6.92 Å². The number of aryl methyl sites for hydroxylation is 1. The van der Waals surface area contributed by atoms with Crippen molar-refractivity contribution in [2.45, 2.75) is 13.8 Å². The molecule has 0 saturated heterocycles. The van der Waals surface area contributed by atoms with E-state index in [2.05, 4.69) is 0 Å². The molecule has 1 aromatic heterocycles. The minimum atomic E-state index is 0.0567. The van der Waals surface area contributed by atoms with Crippen LogP contribution in [0.25, 0.3) is 0 Å². The molecule has 0 amide bonds. The van der Waals surface area contributed by atoms with Crippen molar-refractivity contribution in [1.29, 1.82) is 0 Å². The zero-order chi connectivity index (χ0) is 6.85. The third kappa shape index (κ3) is 1.02. The van der Waals surface area contributed by atoms with Gasteiger partial charge in [-0.05, 0) is 19.9 Å². The van der Waals surface area contributed by atoms with E-state index >= 15 is 0 Å². The normalized spacial score (nSPS) is 9.56. The van der Waals surface area contributed by atoms with Crippen molar-refractivity contribution in [2.24, 2.45) is 0 Å². The summed E-state index contributed by atoms with van der Waals surface area (Å²) in [4.78, 5) is 10.7. The molecule has 1 aromatic rings. The Morgan fingerprint density at radius 1 is 1.67 bits per heavy atom. The van der Waals surface area contributed by atoms with Crippen LogP contribution in [0.5, 0.6) is 0 Å². The average Bonchev–Trinajstić information content (AvgIpc) is 2.13. The fraction of sp³-hybridized carbons (Fsp3) is 0.286. The van der Waals surface area contributed by atoms with Crippen molar-refractivity contribution < 1.29 is 9.21 Å². The highest BCUT2D eigenvalue weighted by molar-refractivity contribution is 5.94. The maximum Gasteiger partial charge on any atom is 0.163 e. The Bertz CT molecular complexity index is 223. The van der Waals surface area contributed by atoms with Crippen LogP contribution < -0.4 is 0 Å². The minimum Gasteiger partial charge on any atom is -0.469 e. The predicted octanol–water partition coefficient (Wildman–Crippen LogP) is 1.79. The number of carbonyl (C=O) groups excluding carboxylic acids is 1. The van der Waals surface area contributed by atoms with E-state index < -0.39 is 0 Å². The van der Waals surface area contributed by atoms with Gasteiger partial charge in [-0.15, -0.1) is 0 Å². The Hall–Kier alpha value is -1.05. The first-order valence-electron chi connectivity index (χ1n) is 2.77. The lowest BCUT2D eigenvalue weighted by atomic mass is 10.2. The molecule has 0 aliphatic carbocycles. The van der Waals surface area contributed by atoms with E-state index in [1.807, 2.05) is 0 Å². The van der Waals surface area contributed by atoms with Crippen molar-refractivity contribution >= 4 is 5.78 Å². The van der Waals surface area contributed by atoms with Crippen LogP contribution in [0.1, 0.15) is 23.0 Å². The fourth-order valence-electron chi connectivity index (χ4n) is 0.750. The van der Waals surface area contributed by atoms with E-state index in [0.717, 1.165) is 0 Å². The number of Topliss-reactive ketones (excluding diaryl/α,β-unsaturated/α-hetero) is 1. The molecule has 0 spiro atoms. The molecular formula is C7H8O2. The van der Waals surface area contributed by atoms with E-state index in [0.29, 0.717) is 11.3 Å². The molecule has 0 aliphatic heterocycles. The second kappa shape index (κ2) is 2.05. The Morgan fingerprint density at radius 2 is 2.33 bits per heavy atom. The zero-order valence-electron chi connectivity index (χ0n) is 5.47. The number of carbonyl (C=O) groups is 1. The zero-order valence-corrected chi connectivity index (χ0v) is 5.47. The van der Waals surface area contributed by atoms with Crippen LogP contribution in [0.4, 0.5) is 0 Å². The first-order valence-corrected chi connectivity index (χ1v) is 2.77. The van der Waals surface area contributed by atoms with Gasteiger partial charge in [0.15, 0.2) is 5.78 Å². The van der Waals surface area contributed by atoms with E-state index in [-0.39, 0.29) is 5.78 Å². The molecule has 0 radical (unpaired) electrons. The molecule has 0 aliphatic rings. The van der Waals surface area contributed by atoms with Gasteiger partial charge in [0.1, 0.15) is 5.76 Å². The molecule has 0 fully saturated rings. The summed E-state index contributed by atoms with van der Waals surface area (Å²) >= 11 is 0. The third-order valence-electron chi connectivity index (χ3n) is 1.24. The fourth-order valence-corrected chi connectivity index (χ4v) is 0.750. The Balaban J connectivity index is 3.08. The summed E-state index contributed by atoms with van der Waals surface area (Å²) in [5.41, 5.74) is 0.676. The molecule has 0 saturated carbocycles. The lowest BCUT2D eigenvalue weighted by molar-refractivity contribution is 0.101. The number of hydrogen-bond acceptors (Lipinski definition) is 2. The lowest BCUT2D eigenvalue weighted by Crippen LogP contribution is -1.89. The molecule has 2 heteroatoms. The monoisotopic (exact) mass is 124 g/mol. The third-order valence-corrected chi connectivity index (χ3v) is 1.24. The van der Waals surface area contributed by atoms with E-state index in [1.165, 1.54) is 13.2 Å². The Morgan fingerprint density at radius 3 is 2.56 bits per heavy atom. The van der Waals surface area contributed by atoms with Gasteiger partial charge in [0.25, 0.3) is 0 Å². The summed E-state index contributed by atoms with van der Waals surface area (Å²) in [6.07, 6.45) is 1.52. The van der Waals surface area contributed by atoms with Gasteiger partial charge in [0, 0.05) is 0 Å². The maximum absolute atomic E-state index is 10.7. The van der Waals surface area contributed by atoms with Crippen molar-refractivity contribution in [3.05, 3.63) is 23.7 Å². The number of furan rings is 1. The lowest BCUT2D eigenvalue weighted by Gasteiger charge is -1.86. The first-order chi connectivity index (χ1) is 4.22. The second-order valence-electron chi connectivity index (χ2n) is 1.95. The second-order valence-corrected chi connectivity index (χ2v) is 1.95. The van der Waals surface area contributed by atoms with Crippen LogP contribution >= 0.6 is 0 Å². The van der Waals surface area contributed by atoms with Gasteiger partial charge in [0.2, 0.25) is 0 Å². The first kappa shape index (κ1) is 6.08. The van der Waals surface area contributed by atoms with Crippen LogP contribution in [0.15, 0.2) is 16.7 Å². The standard InChI is InChI=1S/C7H8O2/c1-5(8)7-3-4-9-6(7)2/h3-4H,1-2H3. The van der Waals surface area contributed by atoms with Gasteiger partial charge in [-0.1, -0.05) is 0 Å². The summed E-state index contributed by atoms with van der Waals surface area (Å²) in [7, 11) is 0. The van der Waals surface area contributed by atoms with Gasteiger partial charge in [-0.2, -0.15) is 0 Å². The van der Waals surface area contributed by atoms with E-state index in [4.69, 9.17) is 4.42 Å². The Labute approximate surface area is 53.5 Å². The maximum atomic E-state index is 10.7. The van der Waals surface area contributed by atoms with Crippen molar-refractivity contribution in [3.63, 3.8) is 0 Å². The number of hydrogen-bond donors (Lipinski definition) is 0. The van der Waals surface area contributed by atoms with Gasteiger partial charge in [-0.25, -0.2) is 0 Å². The summed E-state index contributed by atoms with van der Waals surface area (Å²) in [5.74, 6) is 0.753. The molecular weight excluding hydrogens is 116 g/mol. The molecule has 2 nitrogen and oxygen atoms in total. The van der Waals surface area contributed by atoms with Gasteiger partial charge in [0.05, 0.1) is 11.8 Å². The van der Waals surface area contributed by atoms with Crippen LogP contribution in [0.3, 0.4) is 0 Å².